The Bertz CT molecular complexity index is 997. The quantitative estimate of drug-likeness (QED) is 0.448. The summed E-state index contributed by atoms with van der Waals surface area (Å²) in [6.45, 7) is 4.00. The van der Waals surface area contributed by atoms with Crippen LogP contribution in [0.5, 0.6) is 5.75 Å². The van der Waals surface area contributed by atoms with Gasteiger partial charge < -0.3 is 20.2 Å². The normalized spacial score (nSPS) is 10.7. The number of phenols is 1. The Morgan fingerprint density at radius 2 is 2.04 bits per heavy atom. The van der Waals surface area contributed by atoms with Crippen LogP contribution < -0.4 is 10.6 Å². The van der Waals surface area contributed by atoms with Crippen molar-refractivity contribution < 1.29 is 14.3 Å². The number of amides is 1. The fraction of sp³-hybridized carbons (Fsp3) is 0.250. The third-order valence-corrected chi connectivity index (χ3v) is 4.28. The van der Waals surface area contributed by atoms with Crippen LogP contribution in [0.3, 0.4) is 0 Å². The first-order valence-electron chi connectivity index (χ1n) is 8.83. The Morgan fingerprint density at radius 1 is 1.22 bits per heavy atom. The highest BCUT2D eigenvalue weighted by molar-refractivity contribution is 7.80. The summed E-state index contributed by atoms with van der Waals surface area (Å²) in [7, 11) is 0. The van der Waals surface area contributed by atoms with Crippen LogP contribution in [-0.4, -0.2) is 21.1 Å². The molecule has 0 fully saturated rings. The minimum Gasteiger partial charge on any atom is -0.507 e. The van der Waals surface area contributed by atoms with Crippen molar-refractivity contribution in [3.05, 3.63) is 42.0 Å². The first kappa shape index (κ1) is 18.8. The van der Waals surface area contributed by atoms with E-state index < -0.39 is 0 Å². The maximum atomic E-state index is 11.6. The molecule has 27 heavy (non-hydrogen) atoms. The summed E-state index contributed by atoms with van der Waals surface area (Å²) < 4.78 is 5.79. The number of benzene rings is 2. The molecule has 2 aromatic carbocycles. The average Bonchev–Trinajstić information content (AvgIpc) is 3.06. The van der Waals surface area contributed by atoms with Gasteiger partial charge in [-0.05, 0) is 61.0 Å². The molecule has 0 aliphatic carbocycles. The van der Waals surface area contributed by atoms with Crippen LogP contribution in [0, 0.1) is 0 Å². The highest BCUT2D eigenvalue weighted by Crippen LogP contribution is 2.33. The number of thiocarbonyl (C=S) groups is 1. The topological polar surface area (TPSA) is 87.4 Å². The lowest BCUT2D eigenvalue weighted by Crippen LogP contribution is -2.33. The molecule has 3 rings (SSSR count). The fourth-order valence-corrected chi connectivity index (χ4v) is 2.90. The SMILES string of the molecule is CCCC(=O)NC(=S)Nc1ccc(O)c(-c2nc3cc(CC)ccc3o2)c1. The first-order valence-corrected chi connectivity index (χ1v) is 9.24. The highest BCUT2D eigenvalue weighted by Gasteiger charge is 2.14. The van der Waals surface area contributed by atoms with Gasteiger partial charge in [-0.15, -0.1) is 0 Å². The van der Waals surface area contributed by atoms with E-state index in [1.807, 2.05) is 25.1 Å². The number of fused-ring (bicyclic) bond motifs is 1. The molecule has 6 nitrogen and oxygen atoms in total. The molecule has 0 bridgehead atoms. The fourth-order valence-electron chi connectivity index (χ4n) is 2.67. The number of carbonyl (C=O) groups is 1. The van der Waals surface area contributed by atoms with Gasteiger partial charge in [0.2, 0.25) is 11.8 Å². The molecule has 1 amide bonds. The van der Waals surface area contributed by atoms with E-state index in [1.54, 1.807) is 12.1 Å². The van der Waals surface area contributed by atoms with Gasteiger partial charge in [-0.2, -0.15) is 0 Å². The number of nitrogens with zero attached hydrogens (tertiary/aromatic N) is 1. The number of rotatable bonds is 5. The molecule has 3 aromatic rings. The summed E-state index contributed by atoms with van der Waals surface area (Å²) in [5.74, 6) is 0.226. The second kappa shape index (κ2) is 8.18. The molecule has 3 N–H and O–H groups in total. The standard InChI is InChI=1S/C20H21N3O3S/c1-3-5-18(25)23-20(27)21-13-7-8-16(24)14(11-13)19-22-15-10-12(4-2)6-9-17(15)26-19/h6-11,24H,3-5H2,1-2H3,(H2,21,23,25,27). The molecule has 1 heterocycles. The third kappa shape index (κ3) is 4.43. The van der Waals surface area contributed by atoms with Crippen molar-refractivity contribution in [2.45, 2.75) is 33.1 Å². The van der Waals surface area contributed by atoms with Crippen LogP contribution in [0.15, 0.2) is 40.8 Å². The van der Waals surface area contributed by atoms with Crippen molar-refractivity contribution in [3.63, 3.8) is 0 Å². The Morgan fingerprint density at radius 3 is 2.78 bits per heavy atom. The number of anilines is 1. The summed E-state index contributed by atoms with van der Waals surface area (Å²) in [6, 6.07) is 10.7. The number of aromatic hydroxyl groups is 1. The smallest absolute Gasteiger partial charge is 0.231 e. The molecule has 7 heteroatoms. The van der Waals surface area contributed by atoms with E-state index in [1.165, 1.54) is 6.07 Å². The number of nitrogens with one attached hydrogen (secondary N) is 2. The molecular weight excluding hydrogens is 362 g/mol. The Balaban J connectivity index is 1.85. The van der Waals surface area contributed by atoms with Crippen molar-refractivity contribution in [3.8, 4) is 17.2 Å². The largest absolute Gasteiger partial charge is 0.507 e. The van der Waals surface area contributed by atoms with Gasteiger partial charge >= 0.3 is 0 Å². The van der Waals surface area contributed by atoms with E-state index in [9.17, 15) is 9.90 Å². The van der Waals surface area contributed by atoms with Crippen LogP contribution in [-0.2, 0) is 11.2 Å². The van der Waals surface area contributed by atoms with Gasteiger partial charge in [-0.1, -0.05) is 19.9 Å². The molecule has 0 atom stereocenters. The van der Waals surface area contributed by atoms with Crippen molar-refractivity contribution in [2.24, 2.45) is 0 Å². The molecule has 1 aromatic heterocycles. The van der Waals surface area contributed by atoms with E-state index in [2.05, 4.69) is 22.5 Å². The Labute approximate surface area is 162 Å². The zero-order valence-corrected chi connectivity index (χ0v) is 16.0. The van der Waals surface area contributed by atoms with Crippen molar-refractivity contribution >= 4 is 40.0 Å². The number of carbonyl (C=O) groups excluding carboxylic acids is 1. The predicted molar refractivity (Wildman–Crippen MR) is 110 cm³/mol. The molecular formula is C20H21N3O3S. The zero-order valence-electron chi connectivity index (χ0n) is 15.2. The number of hydrogen-bond acceptors (Lipinski definition) is 5. The van der Waals surface area contributed by atoms with Gasteiger partial charge in [0.15, 0.2) is 10.7 Å². The van der Waals surface area contributed by atoms with Gasteiger partial charge in [0, 0.05) is 12.1 Å². The second-order valence-electron chi connectivity index (χ2n) is 6.16. The third-order valence-electron chi connectivity index (χ3n) is 4.08. The molecule has 0 aliphatic rings. The summed E-state index contributed by atoms with van der Waals surface area (Å²) in [6.07, 6.45) is 2.06. The minimum atomic E-state index is -0.139. The first-order chi connectivity index (χ1) is 13.0. The van der Waals surface area contributed by atoms with Crippen molar-refractivity contribution in [1.82, 2.24) is 10.3 Å². The van der Waals surface area contributed by atoms with Crippen molar-refractivity contribution in [1.29, 1.82) is 0 Å². The summed E-state index contributed by atoms with van der Waals surface area (Å²) in [5, 5.41) is 16.0. The molecule has 0 spiro atoms. The number of aryl methyl sites for hydroxylation is 1. The lowest BCUT2D eigenvalue weighted by Gasteiger charge is -2.10. The minimum absolute atomic E-state index is 0.0451. The summed E-state index contributed by atoms with van der Waals surface area (Å²) >= 11 is 5.15. The lowest BCUT2D eigenvalue weighted by molar-refractivity contribution is -0.119. The molecule has 0 radical (unpaired) electrons. The zero-order chi connectivity index (χ0) is 19.4. The molecule has 0 saturated carbocycles. The molecule has 140 valence electrons. The predicted octanol–water partition coefficient (Wildman–Crippen LogP) is 4.38. The number of phenolic OH excluding ortho intramolecular Hbond substituents is 1. The van der Waals surface area contributed by atoms with Gasteiger partial charge in [-0.25, -0.2) is 4.98 Å². The number of oxazole rings is 1. The van der Waals surface area contributed by atoms with Crippen LogP contribution in [0.4, 0.5) is 5.69 Å². The maximum Gasteiger partial charge on any atom is 0.231 e. The van der Waals surface area contributed by atoms with E-state index in [-0.39, 0.29) is 16.8 Å². The van der Waals surface area contributed by atoms with Gasteiger partial charge in [0.1, 0.15) is 11.3 Å². The van der Waals surface area contributed by atoms with Crippen molar-refractivity contribution in [2.75, 3.05) is 5.32 Å². The van der Waals surface area contributed by atoms with Crippen LogP contribution >= 0.6 is 12.2 Å². The summed E-state index contributed by atoms with van der Waals surface area (Å²) in [4.78, 5) is 16.1. The number of aromatic nitrogens is 1. The summed E-state index contributed by atoms with van der Waals surface area (Å²) in [5.41, 5.74) is 3.61. The van der Waals surface area contributed by atoms with Crippen LogP contribution in [0.2, 0.25) is 0 Å². The van der Waals surface area contributed by atoms with E-state index in [4.69, 9.17) is 16.6 Å². The van der Waals surface area contributed by atoms with E-state index >= 15 is 0 Å². The molecule has 0 saturated heterocycles. The Hall–Kier alpha value is -2.93. The van der Waals surface area contributed by atoms with E-state index in [0.717, 1.165) is 23.9 Å². The molecule has 0 unspecified atom stereocenters. The van der Waals surface area contributed by atoms with Gasteiger partial charge in [0.25, 0.3) is 0 Å². The monoisotopic (exact) mass is 383 g/mol. The van der Waals surface area contributed by atoms with Gasteiger partial charge in [0.05, 0.1) is 5.56 Å². The Kier molecular flexibility index (Phi) is 5.71. The van der Waals surface area contributed by atoms with Crippen LogP contribution in [0.1, 0.15) is 32.3 Å². The van der Waals surface area contributed by atoms with Gasteiger partial charge in [-0.3, -0.25) is 4.79 Å². The molecule has 0 aliphatic heterocycles. The number of hydrogen-bond donors (Lipinski definition) is 3. The lowest BCUT2D eigenvalue weighted by atomic mass is 10.1. The average molecular weight is 383 g/mol. The van der Waals surface area contributed by atoms with Crippen LogP contribution in [0.25, 0.3) is 22.6 Å². The highest BCUT2D eigenvalue weighted by atomic mass is 32.1. The maximum absolute atomic E-state index is 11.6. The second-order valence-corrected chi connectivity index (χ2v) is 6.57. The van der Waals surface area contributed by atoms with E-state index in [0.29, 0.717) is 29.1 Å².